The third-order valence-corrected chi connectivity index (χ3v) is 4.23. The van der Waals surface area contributed by atoms with E-state index in [0.717, 1.165) is 16.7 Å². The van der Waals surface area contributed by atoms with Gasteiger partial charge in [0.25, 0.3) is 0 Å². The molecule has 2 rings (SSSR count). The highest BCUT2D eigenvalue weighted by Gasteiger charge is 2.22. The van der Waals surface area contributed by atoms with E-state index in [1.165, 1.54) is 0 Å². The number of hydrogen-bond acceptors (Lipinski definition) is 2. The van der Waals surface area contributed by atoms with Gasteiger partial charge in [0.2, 0.25) is 0 Å². The molecule has 0 saturated carbocycles. The zero-order valence-electron chi connectivity index (χ0n) is 16.1. The number of esters is 1. The highest BCUT2D eigenvalue weighted by atomic mass is 16.5. The van der Waals surface area contributed by atoms with Crippen LogP contribution in [0.15, 0.2) is 49.0 Å². The van der Waals surface area contributed by atoms with Crippen molar-refractivity contribution in [3.05, 3.63) is 71.3 Å². The number of rotatable bonds is 3. The summed E-state index contributed by atoms with van der Waals surface area (Å²) < 4.78 is 5.68. The van der Waals surface area contributed by atoms with Gasteiger partial charge < -0.3 is 4.74 Å². The average molecular weight is 336 g/mol. The van der Waals surface area contributed by atoms with Crippen LogP contribution in [0.5, 0.6) is 5.75 Å². The summed E-state index contributed by atoms with van der Waals surface area (Å²) in [5.41, 5.74) is 3.78. The van der Waals surface area contributed by atoms with Gasteiger partial charge in [-0.3, -0.25) is 0 Å². The third kappa shape index (κ3) is 4.82. The van der Waals surface area contributed by atoms with Gasteiger partial charge >= 0.3 is 5.97 Å². The molecule has 132 valence electrons. The van der Waals surface area contributed by atoms with Crippen molar-refractivity contribution in [2.75, 3.05) is 0 Å². The van der Waals surface area contributed by atoms with E-state index in [2.05, 4.69) is 54.2 Å². The monoisotopic (exact) mass is 336 g/mol. The summed E-state index contributed by atoms with van der Waals surface area (Å²) in [5, 5.41) is 0. The molecule has 0 spiro atoms. The highest BCUT2D eigenvalue weighted by molar-refractivity contribution is 5.91. The molecule has 2 nitrogen and oxygen atoms in total. The summed E-state index contributed by atoms with van der Waals surface area (Å²) in [7, 11) is 0. The van der Waals surface area contributed by atoms with Crippen LogP contribution >= 0.6 is 0 Å². The van der Waals surface area contributed by atoms with E-state index in [1.807, 2.05) is 24.3 Å². The third-order valence-electron chi connectivity index (χ3n) is 4.23. The number of benzene rings is 2. The van der Waals surface area contributed by atoms with Crippen LogP contribution in [0.25, 0.3) is 6.08 Å². The zero-order valence-corrected chi connectivity index (χ0v) is 16.1. The summed E-state index contributed by atoms with van der Waals surface area (Å²) in [6.45, 7) is 16.7. The Bertz CT molecular complexity index is 737. The van der Waals surface area contributed by atoms with Crippen molar-refractivity contribution in [2.45, 2.75) is 52.4 Å². The molecule has 0 aliphatic heterocycles. The quantitative estimate of drug-likeness (QED) is 0.497. The van der Waals surface area contributed by atoms with Crippen LogP contribution < -0.4 is 4.74 Å². The van der Waals surface area contributed by atoms with Gasteiger partial charge in [-0.15, -0.1) is 0 Å². The number of carbonyl (C=O) groups excluding carboxylic acids is 1. The lowest BCUT2D eigenvalue weighted by Crippen LogP contribution is -2.17. The van der Waals surface area contributed by atoms with Crippen molar-refractivity contribution in [1.82, 2.24) is 0 Å². The molecule has 2 aromatic rings. The van der Waals surface area contributed by atoms with Gasteiger partial charge in [0.15, 0.2) is 0 Å². The molecule has 25 heavy (non-hydrogen) atoms. The molecular weight excluding hydrogens is 308 g/mol. The molecule has 0 saturated heterocycles. The molecule has 0 heterocycles. The fraction of sp³-hybridized carbons (Fsp3) is 0.348. The summed E-state index contributed by atoms with van der Waals surface area (Å²) in [4.78, 5) is 12.5. The Morgan fingerprint density at radius 2 is 1.36 bits per heavy atom. The highest BCUT2D eigenvalue weighted by Crippen LogP contribution is 2.33. The van der Waals surface area contributed by atoms with E-state index in [-0.39, 0.29) is 16.8 Å². The largest absolute Gasteiger partial charge is 0.423 e. The summed E-state index contributed by atoms with van der Waals surface area (Å²) in [6.07, 6.45) is 1.75. The van der Waals surface area contributed by atoms with Crippen LogP contribution in [0, 0.1) is 0 Å². The lowest BCUT2D eigenvalue weighted by atomic mass is 9.80. The normalized spacial score (nSPS) is 11.9. The Hall–Kier alpha value is -2.35. The smallest absolute Gasteiger partial charge is 0.343 e. The first-order chi connectivity index (χ1) is 11.5. The Morgan fingerprint density at radius 1 is 0.880 bits per heavy atom. The summed E-state index contributed by atoms with van der Waals surface area (Å²) in [6, 6.07) is 13.4. The van der Waals surface area contributed by atoms with E-state index in [1.54, 1.807) is 18.2 Å². The molecule has 0 atom stereocenters. The molecule has 0 aliphatic carbocycles. The van der Waals surface area contributed by atoms with Gasteiger partial charge in [0.1, 0.15) is 5.75 Å². The average Bonchev–Trinajstić information content (AvgIpc) is 2.53. The molecule has 0 bridgehead atoms. The Labute approximate surface area is 151 Å². The lowest BCUT2D eigenvalue weighted by Gasteiger charge is -2.25. The fourth-order valence-electron chi connectivity index (χ4n) is 2.45. The van der Waals surface area contributed by atoms with E-state index in [9.17, 15) is 4.79 Å². The minimum Gasteiger partial charge on any atom is -0.423 e. The van der Waals surface area contributed by atoms with Gasteiger partial charge in [0.05, 0.1) is 5.56 Å². The second-order valence-electron chi connectivity index (χ2n) is 8.46. The van der Waals surface area contributed by atoms with Crippen LogP contribution in [0.1, 0.15) is 68.6 Å². The first-order valence-corrected chi connectivity index (χ1v) is 8.61. The number of carbonyl (C=O) groups is 1. The Balaban J connectivity index is 2.37. The molecule has 0 fully saturated rings. The van der Waals surface area contributed by atoms with E-state index in [0.29, 0.717) is 11.3 Å². The molecule has 0 N–H and O–H groups in total. The second-order valence-corrected chi connectivity index (χ2v) is 8.46. The van der Waals surface area contributed by atoms with E-state index < -0.39 is 0 Å². The molecule has 0 unspecified atom stereocenters. The maximum absolute atomic E-state index is 12.5. The molecular formula is C23H28O2. The summed E-state index contributed by atoms with van der Waals surface area (Å²) in [5.74, 6) is 0.247. The predicted octanol–water partition coefficient (Wildman–Crippen LogP) is 6.14. The number of hydrogen-bond donors (Lipinski definition) is 0. The van der Waals surface area contributed by atoms with Crippen LogP contribution in [0.3, 0.4) is 0 Å². The topological polar surface area (TPSA) is 26.3 Å². The van der Waals surface area contributed by atoms with Gasteiger partial charge in [-0.2, -0.15) is 0 Å². The Kier molecular flexibility index (Phi) is 5.22. The van der Waals surface area contributed by atoms with Crippen LogP contribution in [-0.2, 0) is 10.8 Å². The zero-order chi connectivity index (χ0) is 18.8. The SMILES string of the molecule is C=Cc1ccc(C(=O)Oc2cc(C(C)(C)C)cc(C(C)(C)C)c2)cc1. The fourth-order valence-corrected chi connectivity index (χ4v) is 2.45. The van der Waals surface area contributed by atoms with Crippen molar-refractivity contribution < 1.29 is 9.53 Å². The molecule has 0 aromatic heterocycles. The minimum absolute atomic E-state index is 0.0198. The minimum atomic E-state index is -0.346. The van der Waals surface area contributed by atoms with E-state index in [4.69, 9.17) is 4.74 Å². The van der Waals surface area contributed by atoms with Crippen LogP contribution in [0.2, 0.25) is 0 Å². The van der Waals surface area contributed by atoms with Gasteiger partial charge in [-0.05, 0) is 51.8 Å². The maximum atomic E-state index is 12.5. The van der Waals surface area contributed by atoms with Crippen molar-refractivity contribution in [1.29, 1.82) is 0 Å². The van der Waals surface area contributed by atoms with Gasteiger partial charge in [-0.1, -0.05) is 72.4 Å². The maximum Gasteiger partial charge on any atom is 0.343 e. The van der Waals surface area contributed by atoms with Crippen molar-refractivity contribution >= 4 is 12.0 Å². The Morgan fingerprint density at radius 3 is 1.76 bits per heavy atom. The van der Waals surface area contributed by atoms with Crippen LogP contribution in [-0.4, -0.2) is 5.97 Å². The molecule has 2 aromatic carbocycles. The molecule has 0 aliphatic rings. The van der Waals surface area contributed by atoms with Gasteiger partial charge in [0, 0.05) is 0 Å². The standard InChI is InChI=1S/C23H28O2/c1-8-16-9-11-17(12-10-16)21(24)25-20-14-18(22(2,3)4)13-19(15-20)23(5,6)7/h8-15H,1H2,2-7H3. The molecule has 0 radical (unpaired) electrons. The first-order valence-electron chi connectivity index (χ1n) is 8.61. The first kappa shape index (κ1) is 19.0. The van der Waals surface area contributed by atoms with Crippen molar-refractivity contribution in [3.8, 4) is 5.75 Å². The summed E-state index contributed by atoms with van der Waals surface area (Å²) >= 11 is 0. The molecule has 2 heteroatoms. The van der Waals surface area contributed by atoms with Gasteiger partial charge in [-0.25, -0.2) is 4.79 Å². The lowest BCUT2D eigenvalue weighted by molar-refractivity contribution is 0.0734. The van der Waals surface area contributed by atoms with Crippen molar-refractivity contribution in [3.63, 3.8) is 0 Å². The second kappa shape index (κ2) is 6.87. The van der Waals surface area contributed by atoms with Crippen molar-refractivity contribution in [2.24, 2.45) is 0 Å². The van der Waals surface area contributed by atoms with E-state index >= 15 is 0 Å². The number of ether oxygens (including phenoxy) is 1. The molecule has 0 amide bonds. The van der Waals surface area contributed by atoms with Crippen LogP contribution in [0.4, 0.5) is 0 Å². The predicted molar refractivity (Wildman–Crippen MR) is 105 cm³/mol.